The van der Waals surface area contributed by atoms with Crippen LogP contribution in [-0.2, 0) is 23.6 Å². The van der Waals surface area contributed by atoms with Crippen LogP contribution < -0.4 is 4.72 Å². The van der Waals surface area contributed by atoms with Crippen LogP contribution >= 0.6 is 0 Å². The molecule has 0 saturated heterocycles. The zero-order chi connectivity index (χ0) is 16.3. The predicted molar refractivity (Wildman–Crippen MR) is 86.9 cm³/mol. The highest BCUT2D eigenvalue weighted by Crippen LogP contribution is 2.17. The minimum absolute atomic E-state index is 0.0186. The predicted octanol–water partition coefficient (Wildman–Crippen LogP) is 1.96. The Hall–Kier alpha value is -2.51. The number of hydrogen-bond donors (Lipinski definition) is 1. The van der Waals surface area contributed by atoms with Gasteiger partial charge >= 0.3 is 0 Å². The van der Waals surface area contributed by atoms with Crippen molar-refractivity contribution in [1.82, 2.24) is 19.3 Å². The third-order valence-electron chi connectivity index (χ3n) is 3.34. The molecular weight excluding hydrogens is 312 g/mol. The first-order chi connectivity index (χ1) is 11.0. The highest BCUT2D eigenvalue weighted by atomic mass is 32.2. The summed E-state index contributed by atoms with van der Waals surface area (Å²) in [5.41, 5.74) is 2.74. The molecule has 6 nitrogen and oxygen atoms in total. The van der Waals surface area contributed by atoms with Crippen molar-refractivity contribution in [2.45, 2.75) is 11.6 Å². The van der Waals surface area contributed by atoms with Crippen molar-refractivity contribution in [3.8, 4) is 11.3 Å². The number of hydrogen-bond acceptors (Lipinski definition) is 4. The van der Waals surface area contributed by atoms with E-state index in [-0.39, 0.29) is 11.6 Å². The third-order valence-corrected chi connectivity index (χ3v) is 4.62. The van der Waals surface area contributed by atoms with Crippen molar-refractivity contribution in [3.05, 3.63) is 66.7 Å². The van der Waals surface area contributed by atoms with Crippen LogP contribution in [0, 0.1) is 0 Å². The van der Waals surface area contributed by atoms with E-state index in [0.717, 1.165) is 16.8 Å². The molecule has 2 heterocycles. The lowest BCUT2D eigenvalue weighted by Crippen LogP contribution is -2.23. The second kappa shape index (κ2) is 6.31. The molecule has 1 N–H and O–H groups in total. The lowest BCUT2D eigenvalue weighted by Gasteiger charge is -2.06. The van der Waals surface area contributed by atoms with E-state index in [9.17, 15) is 8.42 Å². The fourth-order valence-electron chi connectivity index (χ4n) is 2.11. The molecule has 7 heteroatoms. The van der Waals surface area contributed by atoms with Crippen molar-refractivity contribution in [2.75, 3.05) is 0 Å². The van der Waals surface area contributed by atoms with Gasteiger partial charge in [-0.2, -0.15) is 0 Å². The van der Waals surface area contributed by atoms with Gasteiger partial charge in [0, 0.05) is 31.5 Å². The molecule has 0 aliphatic carbocycles. The van der Waals surface area contributed by atoms with Crippen LogP contribution in [0.1, 0.15) is 5.56 Å². The Bertz CT molecular complexity index is 887. The van der Waals surface area contributed by atoms with Gasteiger partial charge in [-0.25, -0.2) is 18.1 Å². The summed E-state index contributed by atoms with van der Waals surface area (Å²) in [6.07, 6.45) is 4.66. The van der Waals surface area contributed by atoms with Gasteiger partial charge in [-0.15, -0.1) is 0 Å². The molecule has 0 spiro atoms. The number of nitrogens with zero attached hydrogens (tertiary/aromatic N) is 3. The van der Waals surface area contributed by atoms with E-state index in [1.807, 2.05) is 42.5 Å². The van der Waals surface area contributed by atoms with Crippen molar-refractivity contribution >= 4 is 10.0 Å². The normalized spacial score (nSPS) is 11.5. The molecule has 0 bridgehead atoms. The molecule has 3 aromatic rings. The van der Waals surface area contributed by atoms with Crippen LogP contribution in [0.3, 0.4) is 0 Å². The van der Waals surface area contributed by atoms with E-state index in [2.05, 4.69) is 14.7 Å². The highest BCUT2D eigenvalue weighted by molar-refractivity contribution is 7.89. The second-order valence-corrected chi connectivity index (χ2v) is 6.83. The molecule has 1 aromatic carbocycles. The van der Waals surface area contributed by atoms with Crippen LogP contribution in [0.15, 0.2) is 66.2 Å². The summed E-state index contributed by atoms with van der Waals surface area (Å²) in [5, 5.41) is 0.0186. The van der Waals surface area contributed by atoms with E-state index in [0.29, 0.717) is 0 Å². The van der Waals surface area contributed by atoms with Crippen LogP contribution in [0.2, 0.25) is 0 Å². The smallest absolute Gasteiger partial charge is 0.259 e. The first-order valence-corrected chi connectivity index (χ1v) is 8.51. The molecule has 0 aliphatic heterocycles. The number of imidazole rings is 1. The first kappa shape index (κ1) is 15.4. The van der Waals surface area contributed by atoms with E-state index in [4.69, 9.17) is 0 Å². The highest BCUT2D eigenvalue weighted by Gasteiger charge is 2.16. The minimum atomic E-state index is -3.59. The molecule has 23 heavy (non-hydrogen) atoms. The van der Waals surface area contributed by atoms with Gasteiger partial charge in [0.05, 0.1) is 12.0 Å². The van der Waals surface area contributed by atoms with Crippen molar-refractivity contribution in [3.63, 3.8) is 0 Å². The third kappa shape index (κ3) is 3.64. The van der Waals surface area contributed by atoms with Gasteiger partial charge < -0.3 is 4.57 Å². The lowest BCUT2D eigenvalue weighted by atomic mass is 10.1. The zero-order valence-corrected chi connectivity index (χ0v) is 13.4. The average Bonchev–Trinajstić information content (AvgIpc) is 3.02. The van der Waals surface area contributed by atoms with Gasteiger partial charge in [-0.1, -0.05) is 30.3 Å². The monoisotopic (exact) mass is 328 g/mol. The molecule has 0 unspecified atom stereocenters. The van der Waals surface area contributed by atoms with Crippen LogP contribution in [0.4, 0.5) is 0 Å². The van der Waals surface area contributed by atoms with Crippen LogP contribution in [-0.4, -0.2) is 23.0 Å². The first-order valence-electron chi connectivity index (χ1n) is 7.02. The maximum absolute atomic E-state index is 12.1. The van der Waals surface area contributed by atoms with Gasteiger partial charge in [0.2, 0.25) is 0 Å². The largest absolute Gasteiger partial charge is 0.339 e. The van der Waals surface area contributed by atoms with E-state index in [1.54, 1.807) is 17.8 Å². The number of nitrogens with one attached hydrogen (secondary N) is 1. The Morgan fingerprint density at radius 1 is 1.09 bits per heavy atom. The van der Waals surface area contributed by atoms with Crippen molar-refractivity contribution < 1.29 is 8.42 Å². The molecular formula is C16H16N4O2S. The summed E-state index contributed by atoms with van der Waals surface area (Å²) in [6.45, 7) is 0.210. The number of rotatable bonds is 5. The Morgan fingerprint density at radius 3 is 2.48 bits per heavy atom. The zero-order valence-electron chi connectivity index (χ0n) is 12.5. The van der Waals surface area contributed by atoms with Crippen molar-refractivity contribution in [1.29, 1.82) is 0 Å². The standard InChI is InChI=1S/C16H16N4O2S/c1-20-11-16(18-12-20)23(21,22)19-10-13-5-7-14(8-6-13)15-4-2-3-9-17-15/h2-9,11-12,19H,10H2,1H3. The number of sulfonamides is 1. The molecule has 0 fully saturated rings. The molecule has 2 aromatic heterocycles. The van der Waals surface area contributed by atoms with Gasteiger partial charge in [-0.3, -0.25) is 4.98 Å². The van der Waals surface area contributed by atoms with Gasteiger partial charge in [-0.05, 0) is 17.7 Å². The van der Waals surface area contributed by atoms with Crippen LogP contribution in [0.5, 0.6) is 0 Å². The van der Waals surface area contributed by atoms with Gasteiger partial charge in [0.15, 0.2) is 5.03 Å². The number of benzene rings is 1. The summed E-state index contributed by atoms with van der Waals surface area (Å²) in [5.74, 6) is 0. The molecule has 0 aliphatic rings. The lowest BCUT2D eigenvalue weighted by molar-refractivity contribution is 0.578. The number of aryl methyl sites for hydroxylation is 1. The average molecular weight is 328 g/mol. The van der Waals surface area contributed by atoms with Crippen LogP contribution in [0.25, 0.3) is 11.3 Å². The summed E-state index contributed by atoms with van der Waals surface area (Å²) < 4.78 is 28.4. The summed E-state index contributed by atoms with van der Waals surface area (Å²) in [4.78, 5) is 8.14. The fraction of sp³-hybridized carbons (Fsp3) is 0.125. The number of pyridine rings is 1. The summed E-state index contributed by atoms with van der Waals surface area (Å²) in [7, 11) is -1.87. The topological polar surface area (TPSA) is 76.9 Å². The van der Waals surface area contributed by atoms with E-state index < -0.39 is 10.0 Å². The Kier molecular flexibility index (Phi) is 4.22. The maximum Gasteiger partial charge on any atom is 0.259 e. The van der Waals surface area contributed by atoms with Gasteiger partial charge in [0.25, 0.3) is 10.0 Å². The number of aromatic nitrogens is 3. The Balaban J connectivity index is 1.69. The van der Waals surface area contributed by atoms with E-state index >= 15 is 0 Å². The fourth-order valence-corrected chi connectivity index (χ4v) is 3.10. The quantitative estimate of drug-likeness (QED) is 0.777. The summed E-state index contributed by atoms with van der Waals surface area (Å²) in [6, 6.07) is 13.3. The maximum atomic E-state index is 12.1. The SMILES string of the molecule is Cn1cnc(S(=O)(=O)NCc2ccc(-c3ccccn3)cc2)c1. The molecule has 0 radical (unpaired) electrons. The molecule has 0 atom stereocenters. The molecule has 0 amide bonds. The Morgan fingerprint density at radius 2 is 1.87 bits per heavy atom. The van der Waals surface area contributed by atoms with Crippen molar-refractivity contribution in [2.24, 2.45) is 7.05 Å². The van der Waals surface area contributed by atoms with Gasteiger partial charge in [0.1, 0.15) is 0 Å². The molecule has 0 saturated carbocycles. The molecule has 3 rings (SSSR count). The summed E-state index contributed by atoms with van der Waals surface area (Å²) >= 11 is 0. The Labute approximate surface area is 134 Å². The second-order valence-electron chi connectivity index (χ2n) is 5.11. The minimum Gasteiger partial charge on any atom is -0.339 e. The van der Waals surface area contributed by atoms with E-state index in [1.165, 1.54) is 12.5 Å². The molecule has 118 valence electrons.